The summed E-state index contributed by atoms with van der Waals surface area (Å²) in [5, 5.41) is 10.8. The van der Waals surface area contributed by atoms with E-state index in [2.05, 4.69) is 26.0 Å². The molecular weight excluding hydrogens is 389 g/mol. The lowest BCUT2D eigenvalue weighted by Gasteiger charge is -2.21. The summed E-state index contributed by atoms with van der Waals surface area (Å²) in [6, 6.07) is 15.7. The van der Waals surface area contributed by atoms with Gasteiger partial charge in [-0.05, 0) is 36.5 Å². The first-order valence-corrected chi connectivity index (χ1v) is 11.9. The van der Waals surface area contributed by atoms with Gasteiger partial charge in [-0.25, -0.2) is 4.57 Å². The number of nitro benzene ring substituents is 1. The smallest absolute Gasteiger partial charge is 0.379 e. The number of benzene rings is 2. The third-order valence-electron chi connectivity index (χ3n) is 4.56. The predicted octanol–water partition coefficient (Wildman–Crippen LogP) is 6.64. The Bertz CT molecular complexity index is 795. The van der Waals surface area contributed by atoms with Crippen LogP contribution in [0.4, 0.5) is 5.69 Å². The third kappa shape index (κ3) is 8.38. The molecule has 29 heavy (non-hydrogen) atoms. The maximum Gasteiger partial charge on any atom is 0.379 e. The van der Waals surface area contributed by atoms with Crippen LogP contribution < -0.4 is 4.52 Å². The van der Waals surface area contributed by atoms with Gasteiger partial charge in [0.1, 0.15) is 5.75 Å². The molecule has 0 amide bonds. The summed E-state index contributed by atoms with van der Waals surface area (Å²) < 4.78 is 24.9. The Morgan fingerprint density at radius 3 is 2.34 bits per heavy atom. The van der Waals surface area contributed by atoms with Gasteiger partial charge in [0.05, 0.1) is 17.7 Å². The second kappa shape index (κ2) is 11.7. The van der Waals surface area contributed by atoms with Gasteiger partial charge in [-0.1, -0.05) is 63.4 Å². The highest BCUT2D eigenvalue weighted by Crippen LogP contribution is 2.49. The zero-order chi connectivity index (χ0) is 21.1. The molecule has 0 spiro atoms. The molecule has 0 radical (unpaired) electrons. The average Bonchev–Trinajstić information content (AvgIpc) is 2.71. The molecule has 2 atom stereocenters. The van der Waals surface area contributed by atoms with Crippen molar-refractivity contribution in [2.75, 3.05) is 12.8 Å². The lowest BCUT2D eigenvalue weighted by Crippen LogP contribution is -2.11. The van der Waals surface area contributed by atoms with Crippen LogP contribution in [0.5, 0.6) is 5.75 Å². The number of nitrogens with zero attached hydrogens (tertiary/aromatic N) is 1. The van der Waals surface area contributed by atoms with E-state index in [0.717, 1.165) is 32.1 Å². The number of hydrogen-bond acceptors (Lipinski definition) is 5. The lowest BCUT2D eigenvalue weighted by atomic mass is 10.0. The second-order valence-corrected chi connectivity index (χ2v) is 9.44. The van der Waals surface area contributed by atoms with Crippen molar-refractivity contribution in [3.05, 3.63) is 70.3 Å². The fourth-order valence-corrected chi connectivity index (χ4v) is 4.78. The van der Waals surface area contributed by atoms with E-state index < -0.39 is 12.5 Å². The molecule has 2 aromatic carbocycles. The summed E-state index contributed by atoms with van der Waals surface area (Å²) in [7, 11) is -3.35. The summed E-state index contributed by atoms with van der Waals surface area (Å²) >= 11 is 0. The Hall–Kier alpha value is -2.17. The molecule has 0 N–H and O–H groups in total. The van der Waals surface area contributed by atoms with Gasteiger partial charge in [0, 0.05) is 12.1 Å². The fraction of sp³-hybridized carbons (Fsp3) is 0.455. The van der Waals surface area contributed by atoms with E-state index in [1.807, 2.05) is 18.2 Å². The summed E-state index contributed by atoms with van der Waals surface area (Å²) in [4.78, 5) is 10.3. The first-order chi connectivity index (χ1) is 13.9. The second-order valence-electron chi connectivity index (χ2n) is 7.33. The number of nitro groups is 1. The zero-order valence-corrected chi connectivity index (χ0v) is 18.1. The van der Waals surface area contributed by atoms with E-state index in [1.54, 1.807) is 0 Å². The quantitative estimate of drug-likeness (QED) is 0.157. The van der Waals surface area contributed by atoms with Gasteiger partial charge in [-0.3, -0.25) is 14.6 Å². The van der Waals surface area contributed by atoms with Crippen LogP contribution in [0.15, 0.2) is 54.6 Å². The monoisotopic (exact) mass is 419 g/mol. The summed E-state index contributed by atoms with van der Waals surface area (Å²) in [6.45, 7) is 4.50. The molecule has 0 aliphatic carbocycles. The number of unbranched alkanes of at least 4 members (excludes halogenated alkanes) is 3. The van der Waals surface area contributed by atoms with Crippen LogP contribution >= 0.6 is 7.60 Å². The molecule has 158 valence electrons. The molecular formula is C22H30NO5P. The fourth-order valence-electron chi connectivity index (χ4n) is 2.97. The lowest BCUT2D eigenvalue weighted by molar-refractivity contribution is -0.384. The zero-order valence-electron chi connectivity index (χ0n) is 17.2. The first kappa shape index (κ1) is 23.1. The molecule has 2 rings (SSSR count). The van der Waals surface area contributed by atoms with Crippen molar-refractivity contribution in [3.63, 3.8) is 0 Å². The normalized spacial score (nSPS) is 14.1. The van der Waals surface area contributed by atoms with Crippen LogP contribution in [0, 0.1) is 16.0 Å². The Labute approximate surface area is 172 Å². The van der Waals surface area contributed by atoms with Gasteiger partial charge >= 0.3 is 7.60 Å². The van der Waals surface area contributed by atoms with Crippen molar-refractivity contribution in [1.82, 2.24) is 0 Å². The van der Waals surface area contributed by atoms with Gasteiger partial charge in [0.15, 0.2) is 0 Å². The molecule has 2 aromatic rings. The number of rotatable bonds is 13. The number of hydrogen-bond donors (Lipinski definition) is 0. The summed E-state index contributed by atoms with van der Waals surface area (Å²) in [5.41, 5.74) is 1.17. The maximum absolute atomic E-state index is 13.3. The van der Waals surface area contributed by atoms with E-state index in [-0.39, 0.29) is 11.6 Å². The molecule has 0 heterocycles. The molecule has 0 bridgehead atoms. The van der Waals surface area contributed by atoms with Gasteiger partial charge in [0.25, 0.3) is 5.69 Å². The third-order valence-corrected chi connectivity index (χ3v) is 6.46. The Morgan fingerprint density at radius 1 is 1.03 bits per heavy atom. The standard InChI is InChI=1S/C22H30NO5P/c1-3-4-5-9-16-29(26,28-22-14-12-21(13-15-22)23(24)25)27-18-19(2)17-20-10-7-6-8-11-20/h6-8,10-15,19H,3-5,9,16-18H2,1-2H3/t19-,29?/m0/s1. The van der Waals surface area contributed by atoms with E-state index in [1.165, 1.54) is 29.8 Å². The minimum atomic E-state index is -3.35. The molecule has 0 aromatic heterocycles. The topological polar surface area (TPSA) is 78.7 Å². The van der Waals surface area contributed by atoms with Crippen LogP contribution in [-0.2, 0) is 15.5 Å². The van der Waals surface area contributed by atoms with Gasteiger partial charge in [0.2, 0.25) is 0 Å². The van der Waals surface area contributed by atoms with Crippen LogP contribution in [0.1, 0.15) is 45.1 Å². The van der Waals surface area contributed by atoms with Crippen molar-refractivity contribution in [2.45, 2.75) is 46.0 Å². The van der Waals surface area contributed by atoms with Crippen molar-refractivity contribution in [2.24, 2.45) is 5.92 Å². The first-order valence-electron chi connectivity index (χ1n) is 10.1. The molecule has 0 aliphatic rings. The van der Waals surface area contributed by atoms with Gasteiger partial charge in [-0.2, -0.15) is 0 Å². The molecule has 0 saturated heterocycles. The molecule has 6 nitrogen and oxygen atoms in total. The molecule has 7 heteroatoms. The van der Waals surface area contributed by atoms with Gasteiger partial charge < -0.3 is 4.52 Å². The Balaban J connectivity index is 1.99. The molecule has 0 saturated carbocycles. The molecule has 1 unspecified atom stereocenters. The van der Waals surface area contributed by atoms with E-state index in [0.29, 0.717) is 18.5 Å². The summed E-state index contributed by atoms with van der Waals surface area (Å²) in [6.07, 6.45) is 5.04. The van der Waals surface area contributed by atoms with Gasteiger partial charge in [-0.15, -0.1) is 0 Å². The SMILES string of the molecule is CCCCCCP(=O)(OC[C@@H](C)Cc1ccccc1)Oc1ccc([N+](=O)[O-])cc1. The minimum absolute atomic E-state index is 0.0347. The van der Waals surface area contributed by atoms with Crippen LogP contribution in [-0.4, -0.2) is 17.7 Å². The highest BCUT2D eigenvalue weighted by molar-refractivity contribution is 7.54. The summed E-state index contributed by atoms with van der Waals surface area (Å²) in [5.74, 6) is 0.506. The largest absolute Gasteiger partial charge is 0.424 e. The van der Waals surface area contributed by atoms with Crippen LogP contribution in [0.3, 0.4) is 0 Å². The van der Waals surface area contributed by atoms with E-state index >= 15 is 0 Å². The van der Waals surface area contributed by atoms with Crippen molar-refractivity contribution >= 4 is 13.3 Å². The van der Waals surface area contributed by atoms with E-state index in [4.69, 9.17) is 9.05 Å². The Morgan fingerprint density at radius 2 is 1.72 bits per heavy atom. The van der Waals surface area contributed by atoms with E-state index in [9.17, 15) is 14.7 Å². The molecule has 0 fully saturated rings. The number of non-ortho nitro benzene ring substituents is 1. The van der Waals surface area contributed by atoms with Crippen molar-refractivity contribution < 1.29 is 18.5 Å². The predicted molar refractivity (Wildman–Crippen MR) is 116 cm³/mol. The van der Waals surface area contributed by atoms with Crippen molar-refractivity contribution in [3.8, 4) is 5.75 Å². The molecule has 0 aliphatic heterocycles. The minimum Gasteiger partial charge on any atom is -0.424 e. The van der Waals surface area contributed by atoms with Crippen LogP contribution in [0.25, 0.3) is 0 Å². The highest BCUT2D eigenvalue weighted by Gasteiger charge is 2.27. The Kier molecular flexibility index (Phi) is 9.36. The maximum atomic E-state index is 13.3. The van der Waals surface area contributed by atoms with Crippen LogP contribution in [0.2, 0.25) is 0 Å². The average molecular weight is 419 g/mol. The van der Waals surface area contributed by atoms with Crippen molar-refractivity contribution in [1.29, 1.82) is 0 Å². The highest BCUT2D eigenvalue weighted by atomic mass is 31.2.